The monoisotopic (exact) mass is 501 g/mol. The summed E-state index contributed by atoms with van der Waals surface area (Å²) in [6, 6.07) is 10.4. The maximum Gasteiger partial charge on any atom is 0.252 e. The van der Waals surface area contributed by atoms with Crippen molar-refractivity contribution >= 4 is 36.8 Å². The fraction of sp³-hybridized carbons (Fsp3) is 0.667. The van der Waals surface area contributed by atoms with Crippen LogP contribution >= 0.6 is 22.6 Å². The van der Waals surface area contributed by atoms with Crippen LogP contribution < -0.4 is 0 Å². The van der Waals surface area contributed by atoms with Crippen LogP contribution in [0.2, 0.25) is 18.1 Å². The Morgan fingerprint density at radius 1 is 1.19 bits per heavy atom. The molecule has 0 unspecified atom stereocenters. The number of carbonyl (C=O) groups is 1. The highest BCUT2D eigenvalue weighted by Gasteiger charge is 2.49. The lowest BCUT2D eigenvalue weighted by Crippen LogP contribution is -2.53. The van der Waals surface area contributed by atoms with E-state index in [9.17, 15) is 4.79 Å². The molecule has 4 atom stereocenters. The Morgan fingerprint density at radius 2 is 1.85 bits per heavy atom. The number of amides is 1. The van der Waals surface area contributed by atoms with Crippen LogP contribution in [0.15, 0.2) is 30.3 Å². The van der Waals surface area contributed by atoms with Crippen LogP contribution in [-0.2, 0) is 20.6 Å². The van der Waals surface area contributed by atoms with Crippen LogP contribution in [0.25, 0.3) is 0 Å². The Balaban J connectivity index is 1.63. The first kappa shape index (κ1) is 21.3. The fourth-order valence-corrected chi connectivity index (χ4v) is 6.16. The molecule has 6 heteroatoms. The Morgan fingerprint density at radius 3 is 2.48 bits per heavy atom. The second-order valence-electron chi connectivity index (χ2n) is 9.33. The minimum atomic E-state index is -1.83. The summed E-state index contributed by atoms with van der Waals surface area (Å²) in [5.41, 5.74) is 1.11. The molecule has 0 spiro atoms. The van der Waals surface area contributed by atoms with Gasteiger partial charge >= 0.3 is 0 Å². The van der Waals surface area contributed by atoms with Gasteiger partial charge in [-0.2, -0.15) is 0 Å². The number of piperidine rings is 1. The molecule has 3 rings (SSSR count). The molecule has 2 aliphatic heterocycles. The first-order valence-electron chi connectivity index (χ1n) is 9.86. The van der Waals surface area contributed by atoms with Crippen molar-refractivity contribution in [2.75, 3.05) is 6.54 Å². The summed E-state index contributed by atoms with van der Waals surface area (Å²) >= 11 is 2.50. The maximum absolute atomic E-state index is 13.0. The van der Waals surface area contributed by atoms with E-state index in [0.29, 0.717) is 17.1 Å². The van der Waals surface area contributed by atoms with E-state index in [0.717, 1.165) is 18.4 Å². The van der Waals surface area contributed by atoms with E-state index in [1.807, 2.05) is 35.2 Å². The van der Waals surface area contributed by atoms with E-state index in [1.165, 1.54) is 0 Å². The third kappa shape index (κ3) is 4.76. The predicted molar refractivity (Wildman–Crippen MR) is 120 cm³/mol. The van der Waals surface area contributed by atoms with Gasteiger partial charge in [-0.25, -0.2) is 0 Å². The zero-order valence-corrected chi connectivity index (χ0v) is 20.2. The summed E-state index contributed by atoms with van der Waals surface area (Å²) in [6.45, 7) is 12.6. The fourth-order valence-electron chi connectivity index (χ4n) is 3.66. The van der Waals surface area contributed by atoms with Crippen molar-refractivity contribution in [3.63, 3.8) is 0 Å². The average molecular weight is 501 g/mol. The Kier molecular flexibility index (Phi) is 6.40. The van der Waals surface area contributed by atoms with Gasteiger partial charge in [0.05, 0.1) is 12.7 Å². The number of halogens is 1. The number of fused-ring (bicyclic) bond motifs is 1. The molecule has 2 fully saturated rings. The topological polar surface area (TPSA) is 38.8 Å². The van der Waals surface area contributed by atoms with E-state index < -0.39 is 8.32 Å². The molecule has 4 nitrogen and oxygen atoms in total. The second-order valence-corrected chi connectivity index (χ2v) is 15.7. The van der Waals surface area contributed by atoms with Crippen LogP contribution in [0.3, 0.4) is 0 Å². The summed E-state index contributed by atoms with van der Waals surface area (Å²) in [7, 11) is -1.83. The molecule has 27 heavy (non-hydrogen) atoms. The van der Waals surface area contributed by atoms with Crippen LogP contribution in [0.5, 0.6) is 0 Å². The third-order valence-electron chi connectivity index (χ3n) is 6.28. The summed E-state index contributed by atoms with van der Waals surface area (Å²) in [5.74, 6) is 0.144. The normalized spacial score (nSPS) is 29.1. The van der Waals surface area contributed by atoms with Gasteiger partial charge < -0.3 is 14.1 Å². The number of rotatable bonds is 5. The lowest BCUT2D eigenvalue weighted by molar-refractivity contribution is -0.150. The summed E-state index contributed by atoms with van der Waals surface area (Å²) in [4.78, 5) is 15.1. The number of hydrogen-bond donors (Lipinski definition) is 0. The van der Waals surface area contributed by atoms with Crippen molar-refractivity contribution in [1.82, 2.24) is 4.90 Å². The molecule has 0 bridgehead atoms. The van der Waals surface area contributed by atoms with Gasteiger partial charge in [-0.15, -0.1) is 0 Å². The molecule has 0 aliphatic carbocycles. The number of alkyl halides is 1. The molecule has 0 N–H and O–H groups in total. The van der Waals surface area contributed by atoms with Crippen LogP contribution in [0, 0.1) is 0 Å². The molecular weight excluding hydrogens is 469 g/mol. The number of benzene rings is 1. The van der Waals surface area contributed by atoms with Crippen LogP contribution in [0.4, 0.5) is 0 Å². The highest BCUT2D eigenvalue weighted by Crippen LogP contribution is 2.41. The lowest BCUT2D eigenvalue weighted by Gasteiger charge is -2.38. The minimum absolute atomic E-state index is 0.144. The second kappa shape index (κ2) is 8.12. The molecule has 2 aliphatic rings. The molecule has 1 amide bonds. The zero-order valence-electron chi connectivity index (χ0n) is 17.1. The molecule has 150 valence electrons. The van der Waals surface area contributed by atoms with E-state index in [4.69, 9.17) is 9.16 Å². The zero-order chi connectivity index (χ0) is 19.8. The Labute approximate surface area is 178 Å². The standard InChI is InChI=1S/C21H32INO3Si/c1-21(2,3)27(4,5)26-16-11-18-17(22)12-19(20(24)23(18)13-16)25-14-15-9-7-6-8-10-15/h6-10,16-19H,11-14H2,1-5H3/t16-,17+,18-,19-/m1/s1. The lowest BCUT2D eigenvalue weighted by atomic mass is 9.99. The van der Waals surface area contributed by atoms with Gasteiger partial charge in [0.2, 0.25) is 0 Å². The van der Waals surface area contributed by atoms with E-state index in [2.05, 4.69) is 56.5 Å². The van der Waals surface area contributed by atoms with Gasteiger partial charge in [0.25, 0.3) is 5.91 Å². The molecule has 1 aromatic carbocycles. The highest BCUT2D eigenvalue weighted by molar-refractivity contribution is 14.1. The van der Waals surface area contributed by atoms with Gasteiger partial charge in [-0.3, -0.25) is 4.79 Å². The van der Waals surface area contributed by atoms with Gasteiger partial charge in [-0.1, -0.05) is 73.7 Å². The van der Waals surface area contributed by atoms with Crippen molar-refractivity contribution < 1.29 is 14.0 Å². The number of carbonyl (C=O) groups excluding carboxylic acids is 1. The highest BCUT2D eigenvalue weighted by atomic mass is 127. The van der Waals surface area contributed by atoms with Gasteiger partial charge in [0.1, 0.15) is 6.10 Å². The first-order chi connectivity index (χ1) is 12.6. The predicted octanol–water partition coefficient (Wildman–Crippen LogP) is 4.77. The van der Waals surface area contributed by atoms with Gasteiger partial charge in [0.15, 0.2) is 8.32 Å². The average Bonchev–Trinajstić information content (AvgIpc) is 3.01. The van der Waals surface area contributed by atoms with Crippen molar-refractivity contribution in [3.8, 4) is 0 Å². The number of hydrogen-bond acceptors (Lipinski definition) is 3. The minimum Gasteiger partial charge on any atom is -0.412 e. The van der Waals surface area contributed by atoms with Crippen molar-refractivity contribution in [2.45, 2.75) is 80.5 Å². The van der Waals surface area contributed by atoms with Crippen molar-refractivity contribution in [2.24, 2.45) is 0 Å². The molecule has 1 aromatic rings. The van der Waals surface area contributed by atoms with Crippen LogP contribution in [0.1, 0.15) is 39.2 Å². The molecule has 0 aromatic heterocycles. The number of ether oxygens (including phenoxy) is 1. The Bertz CT molecular complexity index is 661. The van der Waals surface area contributed by atoms with E-state index in [1.54, 1.807) is 0 Å². The molecule has 0 radical (unpaired) electrons. The smallest absolute Gasteiger partial charge is 0.252 e. The summed E-state index contributed by atoms with van der Waals surface area (Å²) in [5, 5.41) is 0.186. The third-order valence-corrected chi connectivity index (χ3v) is 12.2. The number of nitrogens with zero attached hydrogens (tertiary/aromatic N) is 1. The van der Waals surface area contributed by atoms with E-state index >= 15 is 0 Å². The van der Waals surface area contributed by atoms with Gasteiger partial charge in [-0.05, 0) is 36.5 Å². The molecule has 0 saturated carbocycles. The van der Waals surface area contributed by atoms with Gasteiger partial charge in [0, 0.05) is 16.5 Å². The van der Waals surface area contributed by atoms with Crippen LogP contribution in [-0.4, -0.2) is 47.8 Å². The van der Waals surface area contributed by atoms with E-state index in [-0.39, 0.29) is 29.2 Å². The SMILES string of the molecule is CC(C)(C)[Si](C)(C)O[C@@H]1C[C@@H]2[C@@H](I)C[C@@H](OCc3ccccc3)C(=O)N2C1. The largest absolute Gasteiger partial charge is 0.412 e. The molecule has 2 heterocycles. The molecule has 2 saturated heterocycles. The quantitative estimate of drug-likeness (QED) is 0.332. The summed E-state index contributed by atoms with van der Waals surface area (Å²) in [6.07, 6.45) is 1.57. The maximum atomic E-state index is 13.0. The Hall–Kier alpha value is -0.443. The van der Waals surface area contributed by atoms with Crippen molar-refractivity contribution in [1.29, 1.82) is 0 Å². The summed E-state index contributed by atoms with van der Waals surface area (Å²) < 4.78 is 13.1. The molecular formula is C21H32INO3Si. The van der Waals surface area contributed by atoms with Crippen molar-refractivity contribution in [3.05, 3.63) is 35.9 Å². The first-order valence-corrected chi connectivity index (χ1v) is 14.0.